The Morgan fingerprint density at radius 2 is 1.87 bits per heavy atom. The van der Waals surface area contributed by atoms with Crippen LogP contribution in [-0.2, 0) is 4.74 Å². The summed E-state index contributed by atoms with van der Waals surface area (Å²) in [7, 11) is 1.55. The molecule has 0 aromatic rings. The largest absolute Gasteiger partial charge is 0.406 e. The Hall–Kier alpha value is -0.290. The monoisotopic (exact) mass is 225 g/mol. The fourth-order valence-corrected chi connectivity index (χ4v) is 2.22. The maximum atomic E-state index is 12.9. The Labute approximate surface area is 88.2 Å². The second-order valence-electron chi connectivity index (χ2n) is 4.05. The van der Waals surface area contributed by atoms with Crippen LogP contribution in [0.1, 0.15) is 32.6 Å². The molecule has 1 fully saturated rings. The van der Waals surface area contributed by atoms with Crippen LogP contribution in [0.4, 0.5) is 13.2 Å². The van der Waals surface area contributed by atoms with Crippen LogP contribution in [0.3, 0.4) is 0 Å². The molecular weight excluding hydrogens is 207 g/mol. The molecule has 1 rings (SSSR count). The second kappa shape index (κ2) is 4.70. The Bertz CT molecular complexity index is 197. The number of ether oxygens (including phenoxy) is 1. The smallest absolute Gasteiger partial charge is 0.381 e. The topological polar surface area (TPSA) is 21.3 Å². The van der Waals surface area contributed by atoms with Crippen molar-refractivity contribution in [2.75, 3.05) is 13.7 Å². The Balaban J connectivity index is 2.69. The molecule has 1 N–H and O–H groups in total. The molecule has 0 aliphatic heterocycles. The van der Waals surface area contributed by atoms with E-state index in [1.54, 1.807) is 14.0 Å². The fraction of sp³-hybridized carbons (Fsp3) is 1.00. The highest BCUT2D eigenvalue weighted by Crippen LogP contribution is 2.41. The van der Waals surface area contributed by atoms with Crippen molar-refractivity contribution in [2.24, 2.45) is 0 Å². The molecule has 0 radical (unpaired) electrons. The van der Waals surface area contributed by atoms with Gasteiger partial charge in [0, 0.05) is 7.11 Å². The number of hydrogen-bond donors (Lipinski definition) is 1. The highest BCUT2D eigenvalue weighted by molar-refractivity contribution is 4.98. The van der Waals surface area contributed by atoms with Crippen LogP contribution in [0.15, 0.2) is 0 Å². The van der Waals surface area contributed by atoms with Gasteiger partial charge in [0.1, 0.15) is 5.54 Å². The molecule has 0 saturated heterocycles. The zero-order valence-electron chi connectivity index (χ0n) is 9.16. The van der Waals surface area contributed by atoms with Crippen LogP contribution in [-0.4, -0.2) is 31.5 Å². The number of hydrogen-bond acceptors (Lipinski definition) is 2. The van der Waals surface area contributed by atoms with E-state index >= 15 is 0 Å². The third-order valence-electron chi connectivity index (χ3n) is 3.18. The Morgan fingerprint density at radius 1 is 1.33 bits per heavy atom. The van der Waals surface area contributed by atoms with Crippen LogP contribution < -0.4 is 5.32 Å². The standard InChI is InChI=1S/C10H18F3NO/c1-3-14-9(10(11,12)13)6-4-8(15-2)5-7-9/h8,14H,3-7H2,1-2H3. The molecule has 15 heavy (non-hydrogen) atoms. The van der Waals surface area contributed by atoms with Crippen molar-refractivity contribution in [3.8, 4) is 0 Å². The van der Waals surface area contributed by atoms with Crippen LogP contribution in [0.2, 0.25) is 0 Å². The van der Waals surface area contributed by atoms with Gasteiger partial charge in [0.05, 0.1) is 6.10 Å². The van der Waals surface area contributed by atoms with Crippen molar-refractivity contribution in [1.82, 2.24) is 5.32 Å². The Morgan fingerprint density at radius 3 is 2.20 bits per heavy atom. The van der Waals surface area contributed by atoms with Gasteiger partial charge >= 0.3 is 6.18 Å². The van der Waals surface area contributed by atoms with Crippen LogP contribution >= 0.6 is 0 Å². The summed E-state index contributed by atoms with van der Waals surface area (Å²) in [5, 5.41) is 2.60. The molecule has 1 aliphatic rings. The van der Waals surface area contributed by atoms with E-state index in [-0.39, 0.29) is 18.9 Å². The number of alkyl halides is 3. The maximum absolute atomic E-state index is 12.9. The average molecular weight is 225 g/mol. The molecule has 2 nitrogen and oxygen atoms in total. The number of methoxy groups -OCH3 is 1. The molecule has 0 bridgehead atoms. The van der Waals surface area contributed by atoms with E-state index in [1.807, 2.05) is 0 Å². The minimum Gasteiger partial charge on any atom is -0.381 e. The first-order chi connectivity index (χ1) is 6.95. The highest BCUT2D eigenvalue weighted by atomic mass is 19.4. The second-order valence-corrected chi connectivity index (χ2v) is 4.05. The molecule has 90 valence electrons. The van der Waals surface area contributed by atoms with E-state index in [2.05, 4.69) is 5.32 Å². The Kier molecular flexibility index (Phi) is 4.00. The number of nitrogens with one attached hydrogen (secondary N) is 1. The fourth-order valence-electron chi connectivity index (χ4n) is 2.22. The van der Waals surface area contributed by atoms with Gasteiger partial charge in [-0.05, 0) is 32.2 Å². The lowest BCUT2D eigenvalue weighted by atomic mass is 9.79. The summed E-state index contributed by atoms with van der Waals surface area (Å²) in [6, 6.07) is 0. The molecule has 0 heterocycles. The summed E-state index contributed by atoms with van der Waals surface area (Å²) in [5.41, 5.74) is -1.68. The van der Waals surface area contributed by atoms with Gasteiger partial charge in [0.25, 0.3) is 0 Å². The first kappa shape index (κ1) is 12.8. The van der Waals surface area contributed by atoms with Crippen molar-refractivity contribution >= 4 is 0 Å². The van der Waals surface area contributed by atoms with Gasteiger partial charge in [-0.2, -0.15) is 13.2 Å². The molecule has 0 spiro atoms. The van der Waals surface area contributed by atoms with Gasteiger partial charge in [0.15, 0.2) is 0 Å². The highest BCUT2D eigenvalue weighted by Gasteiger charge is 2.55. The van der Waals surface area contributed by atoms with Crippen molar-refractivity contribution in [3.63, 3.8) is 0 Å². The van der Waals surface area contributed by atoms with Gasteiger partial charge in [-0.3, -0.25) is 0 Å². The van der Waals surface area contributed by atoms with Crippen molar-refractivity contribution in [1.29, 1.82) is 0 Å². The number of rotatable bonds is 3. The summed E-state index contributed by atoms with van der Waals surface area (Å²) in [4.78, 5) is 0. The lowest BCUT2D eigenvalue weighted by molar-refractivity contribution is -0.210. The summed E-state index contributed by atoms with van der Waals surface area (Å²) in [6.07, 6.45) is -3.00. The van der Waals surface area contributed by atoms with E-state index in [1.165, 1.54) is 0 Å². The summed E-state index contributed by atoms with van der Waals surface area (Å²) in [6.45, 7) is 2.05. The first-order valence-electron chi connectivity index (χ1n) is 5.30. The van der Waals surface area contributed by atoms with Gasteiger partial charge in [0.2, 0.25) is 0 Å². The molecule has 0 unspecified atom stereocenters. The zero-order valence-corrected chi connectivity index (χ0v) is 9.16. The van der Waals surface area contributed by atoms with E-state index in [4.69, 9.17) is 4.74 Å². The molecule has 0 amide bonds. The average Bonchev–Trinajstić information content (AvgIpc) is 2.18. The molecule has 1 aliphatic carbocycles. The third kappa shape index (κ3) is 2.64. The molecular formula is C10H18F3NO. The van der Waals surface area contributed by atoms with Gasteiger partial charge in [-0.15, -0.1) is 0 Å². The SMILES string of the molecule is CCNC1(C(F)(F)F)CCC(OC)CC1. The van der Waals surface area contributed by atoms with Gasteiger partial charge in [-0.1, -0.05) is 6.92 Å². The van der Waals surface area contributed by atoms with Gasteiger partial charge < -0.3 is 10.1 Å². The molecule has 0 aromatic heterocycles. The van der Waals surface area contributed by atoms with Crippen LogP contribution in [0.25, 0.3) is 0 Å². The minimum absolute atomic E-state index is 0.0147. The summed E-state index contributed by atoms with van der Waals surface area (Å²) in [5.74, 6) is 0. The van der Waals surface area contributed by atoms with E-state index in [0.717, 1.165) is 0 Å². The lowest BCUT2D eigenvalue weighted by Gasteiger charge is -2.41. The predicted molar refractivity (Wildman–Crippen MR) is 51.7 cm³/mol. The zero-order chi connectivity index (χ0) is 11.5. The quantitative estimate of drug-likeness (QED) is 0.796. The number of halogens is 3. The van der Waals surface area contributed by atoms with Crippen molar-refractivity contribution < 1.29 is 17.9 Å². The van der Waals surface area contributed by atoms with Crippen LogP contribution in [0, 0.1) is 0 Å². The first-order valence-corrected chi connectivity index (χ1v) is 5.30. The molecule has 1 saturated carbocycles. The van der Waals surface area contributed by atoms with E-state index in [0.29, 0.717) is 19.4 Å². The summed E-state index contributed by atoms with van der Waals surface area (Å²) >= 11 is 0. The van der Waals surface area contributed by atoms with Crippen molar-refractivity contribution in [2.45, 2.75) is 50.4 Å². The van der Waals surface area contributed by atoms with E-state index < -0.39 is 11.7 Å². The van der Waals surface area contributed by atoms with Crippen LogP contribution in [0.5, 0.6) is 0 Å². The molecule has 0 aromatic carbocycles. The van der Waals surface area contributed by atoms with E-state index in [9.17, 15) is 13.2 Å². The maximum Gasteiger partial charge on any atom is 0.406 e. The van der Waals surface area contributed by atoms with Crippen molar-refractivity contribution in [3.05, 3.63) is 0 Å². The lowest BCUT2D eigenvalue weighted by Crippen LogP contribution is -2.59. The van der Waals surface area contributed by atoms with Gasteiger partial charge in [-0.25, -0.2) is 0 Å². The third-order valence-corrected chi connectivity index (χ3v) is 3.18. The normalized spacial score (nSPS) is 33.0. The summed E-state index contributed by atoms with van der Waals surface area (Å²) < 4.78 is 43.8. The predicted octanol–water partition coefficient (Wildman–Crippen LogP) is 2.49. The molecule has 5 heteroatoms. The minimum atomic E-state index is -4.16. The molecule has 0 atom stereocenters.